The van der Waals surface area contributed by atoms with Crippen molar-refractivity contribution in [2.24, 2.45) is 14.1 Å². The average molecular weight is 519 g/mol. The minimum Gasteiger partial charge on any atom is -0.311 e. The Hall–Kier alpha value is -5.22. The summed E-state index contributed by atoms with van der Waals surface area (Å²) in [5.41, 5.74) is 1.36. The quantitative estimate of drug-likeness (QED) is 0.207. The number of aromatic nitrogens is 2. The van der Waals surface area contributed by atoms with E-state index in [2.05, 4.69) is 12.1 Å². The van der Waals surface area contributed by atoms with Crippen molar-refractivity contribution < 1.29 is 0 Å². The zero-order chi connectivity index (χ0) is 27.4. The van der Waals surface area contributed by atoms with Crippen molar-refractivity contribution in [1.82, 2.24) is 9.13 Å². The zero-order valence-electron chi connectivity index (χ0n) is 22.3. The summed E-state index contributed by atoms with van der Waals surface area (Å²) in [6.45, 7) is 0. The number of hydrogen-bond donors (Lipinski definition) is 0. The summed E-state index contributed by atoms with van der Waals surface area (Å²) in [7, 11) is 3.64. The molecule has 40 heavy (non-hydrogen) atoms. The number of fused-ring (bicyclic) bond motifs is 12. The van der Waals surface area contributed by atoms with Gasteiger partial charge in [0.15, 0.2) is 0 Å². The van der Waals surface area contributed by atoms with Gasteiger partial charge in [-0.1, -0.05) is 84.9 Å². The van der Waals surface area contributed by atoms with Gasteiger partial charge in [0.2, 0.25) is 0 Å². The third-order valence-corrected chi connectivity index (χ3v) is 7.94. The van der Waals surface area contributed by atoms with Crippen molar-refractivity contribution in [3.63, 3.8) is 0 Å². The molecule has 1 heterocycles. The molecule has 7 aromatic rings. The van der Waals surface area contributed by atoms with Gasteiger partial charge in [0, 0.05) is 35.6 Å². The third-order valence-electron chi connectivity index (χ3n) is 7.94. The minimum absolute atomic E-state index is 0.0983. The number of benzene rings is 6. The molecular weight excluding hydrogens is 492 g/mol. The van der Waals surface area contributed by atoms with Crippen LogP contribution in [0.5, 0.6) is 0 Å². The molecular formula is C36H26N2O2. The highest BCUT2D eigenvalue weighted by molar-refractivity contribution is 6.14. The summed E-state index contributed by atoms with van der Waals surface area (Å²) in [4.78, 5) is 28.3. The highest BCUT2D eigenvalue weighted by Gasteiger charge is 2.09. The largest absolute Gasteiger partial charge is 0.311 e. The lowest BCUT2D eigenvalue weighted by Gasteiger charge is -2.09. The topological polar surface area (TPSA) is 44.0 Å². The van der Waals surface area contributed by atoms with E-state index >= 15 is 0 Å². The predicted molar refractivity (Wildman–Crippen MR) is 168 cm³/mol. The maximum Gasteiger partial charge on any atom is 0.258 e. The standard InChI is InChI=1S/C36H26N2O2/c1-37-33-17-9-7-15-29(33)31-22-26(20-24-12-4-5-13-27(24)31)36(40)38(2)34-18-10-8-16-30(34)32-21-25(35(37)39)19-23-11-3-6-14-28(23)32/h3-22H,1-2H3. The molecule has 0 saturated carbocycles. The lowest BCUT2D eigenvalue weighted by atomic mass is 10.0. The third kappa shape index (κ3) is 3.69. The highest BCUT2D eigenvalue weighted by atomic mass is 16.1. The van der Waals surface area contributed by atoms with Crippen LogP contribution in [-0.2, 0) is 14.1 Å². The van der Waals surface area contributed by atoms with Crippen LogP contribution < -0.4 is 11.1 Å². The molecule has 192 valence electrons. The second kappa shape index (κ2) is 9.21. The maximum absolute atomic E-state index is 14.2. The molecule has 0 N–H and O–H groups in total. The van der Waals surface area contributed by atoms with Gasteiger partial charge in [0.05, 0.1) is 11.0 Å². The van der Waals surface area contributed by atoms with E-state index in [1.807, 2.05) is 123 Å². The second-order valence-corrected chi connectivity index (χ2v) is 10.3. The molecule has 0 unspecified atom stereocenters. The van der Waals surface area contributed by atoms with Crippen LogP contribution in [0.15, 0.2) is 131 Å². The maximum atomic E-state index is 14.2. The predicted octanol–water partition coefficient (Wildman–Crippen LogP) is 7.69. The molecule has 0 aliphatic heterocycles. The van der Waals surface area contributed by atoms with Crippen LogP contribution in [0.4, 0.5) is 0 Å². The molecule has 0 aliphatic carbocycles. The van der Waals surface area contributed by atoms with Crippen LogP contribution in [0.2, 0.25) is 0 Å². The average Bonchev–Trinajstić information content (AvgIpc) is 3.02. The summed E-state index contributed by atoms with van der Waals surface area (Å²) in [5, 5.41) is 8.77. The lowest BCUT2D eigenvalue weighted by Crippen LogP contribution is -2.15. The Morgan fingerprint density at radius 3 is 1.15 bits per heavy atom. The van der Waals surface area contributed by atoms with E-state index in [1.54, 1.807) is 9.13 Å². The minimum atomic E-state index is -0.0983. The van der Waals surface area contributed by atoms with Gasteiger partial charge >= 0.3 is 0 Å². The molecule has 0 atom stereocenters. The highest BCUT2D eigenvalue weighted by Crippen LogP contribution is 2.29. The zero-order valence-corrected chi connectivity index (χ0v) is 22.3. The normalized spacial score (nSPS) is 11.4. The number of hydrogen-bond acceptors (Lipinski definition) is 2. The first kappa shape index (κ1) is 23.9. The first-order valence-electron chi connectivity index (χ1n) is 13.3. The van der Waals surface area contributed by atoms with Crippen molar-refractivity contribution in [2.75, 3.05) is 0 Å². The molecule has 1 aromatic heterocycles. The summed E-state index contributed by atoms with van der Waals surface area (Å²) in [5.74, 6) is 0. The van der Waals surface area contributed by atoms with Gasteiger partial charge in [-0.25, -0.2) is 0 Å². The first-order chi connectivity index (χ1) is 19.5. The van der Waals surface area contributed by atoms with Gasteiger partial charge < -0.3 is 9.13 Å². The van der Waals surface area contributed by atoms with E-state index in [1.165, 1.54) is 0 Å². The van der Waals surface area contributed by atoms with Gasteiger partial charge in [-0.3, -0.25) is 9.59 Å². The van der Waals surface area contributed by atoms with Gasteiger partial charge in [-0.15, -0.1) is 0 Å². The summed E-state index contributed by atoms with van der Waals surface area (Å²) < 4.78 is 3.44. The van der Waals surface area contributed by atoms with E-state index in [-0.39, 0.29) is 11.1 Å². The Bertz CT molecular complexity index is 2230. The number of rotatable bonds is 0. The van der Waals surface area contributed by atoms with E-state index in [0.29, 0.717) is 10.8 Å². The van der Waals surface area contributed by atoms with E-state index < -0.39 is 0 Å². The second-order valence-electron chi connectivity index (χ2n) is 10.3. The van der Waals surface area contributed by atoms with Crippen molar-refractivity contribution in [1.29, 1.82) is 0 Å². The first-order valence-corrected chi connectivity index (χ1v) is 13.3. The van der Waals surface area contributed by atoms with Crippen LogP contribution in [0.1, 0.15) is 0 Å². The Morgan fingerprint density at radius 1 is 0.375 bits per heavy atom. The van der Waals surface area contributed by atoms with Crippen molar-refractivity contribution in [3.8, 4) is 0 Å². The number of nitrogens with zero attached hydrogens (tertiary/aromatic N) is 2. The smallest absolute Gasteiger partial charge is 0.258 e. The number of aryl methyl sites for hydroxylation is 2. The van der Waals surface area contributed by atoms with Gasteiger partial charge in [0.1, 0.15) is 0 Å². The number of para-hydroxylation sites is 2. The molecule has 0 fully saturated rings. The van der Waals surface area contributed by atoms with E-state index in [4.69, 9.17) is 0 Å². The molecule has 0 saturated heterocycles. The van der Waals surface area contributed by atoms with Crippen LogP contribution in [0, 0.1) is 0 Å². The van der Waals surface area contributed by atoms with E-state index in [0.717, 1.165) is 54.1 Å². The molecule has 4 bridgehead atoms. The fourth-order valence-corrected chi connectivity index (χ4v) is 5.91. The van der Waals surface area contributed by atoms with Gasteiger partial charge in [-0.2, -0.15) is 0 Å². The monoisotopic (exact) mass is 518 g/mol. The molecule has 7 rings (SSSR count). The van der Waals surface area contributed by atoms with Crippen molar-refractivity contribution in [2.45, 2.75) is 0 Å². The van der Waals surface area contributed by atoms with Gasteiger partial charge in [-0.05, 0) is 68.7 Å². The Balaban J connectivity index is 1.91. The van der Waals surface area contributed by atoms with Crippen molar-refractivity contribution in [3.05, 3.63) is 142 Å². The SMILES string of the molecule is Cn1c(=O)c2cc3ccccc3c(c2)c2ccccc2n(C)c(=O)c2cc3ccccc3c(c2)c2ccccc21. The summed E-state index contributed by atoms with van der Waals surface area (Å²) in [6, 6.07) is 39.8. The Kier molecular flexibility index (Phi) is 5.49. The molecule has 4 nitrogen and oxygen atoms in total. The molecule has 0 aliphatic rings. The fraction of sp³-hybridized carbons (Fsp3) is 0.0556. The molecule has 0 spiro atoms. The van der Waals surface area contributed by atoms with E-state index in [9.17, 15) is 9.59 Å². The molecule has 6 aromatic carbocycles. The summed E-state index contributed by atoms with van der Waals surface area (Å²) >= 11 is 0. The Labute approximate surface area is 229 Å². The molecule has 0 amide bonds. The van der Waals surface area contributed by atoms with Crippen LogP contribution >= 0.6 is 0 Å². The molecule has 0 radical (unpaired) electrons. The summed E-state index contributed by atoms with van der Waals surface area (Å²) in [6.07, 6.45) is 0. The lowest BCUT2D eigenvalue weighted by molar-refractivity contribution is 0.919. The van der Waals surface area contributed by atoms with Crippen LogP contribution in [-0.4, -0.2) is 9.13 Å². The van der Waals surface area contributed by atoms with Crippen LogP contribution in [0.3, 0.4) is 0 Å². The Morgan fingerprint density at radius 2 is 0.725 bits per heavy atom. The van der Waals surface area contributed by atoms with Gasteiger partial charge in [0.25, 0.3) is 11.1 Å². The molecule has 4 heteroatoms. The van der Waals surface area contributed by atoms with Crippen LogP contribution in [0.25, 0.3) is 64.9 Å². The fourth-order valence-electron chi connectivity index (χ4n) is 5.91. The van der Waals surface area contributed by atoms with Crippen molar-refractivity contribution >= 4 is 64.9 Å².